The smallest absolute Gasteiger partial charge is 0.323 e. The monoisotopic (exact) mass is 338 g/mol. The van der Waals surface area contributed by atoms with Crippen LogP contribution in [0.1, 0.15) is 0 Å². The van der Waals surface area contributed by atoms with Crippen molar-refractivity contribution >= 4 is 40.5 Å². The van der Waals surface area contributed by atoms with Gasteiger partial charge < -0.3 is 16.0 Å². The minimum atomic E-state index is -0.318. The molecule has 2 amide bonds. The number of halogens is 1. The lowest BCUT2D eigenvalue weighted by molar-refractivity contribution is 0.262. The van der Waals surface area contributed by atoms with Gasteiger partial charge in [0.05, 0.1) is 11.9 Å². The maximum absolute atomic E-state index is 11.9. The molecule has 24 heavy (non-hydrogen) atoms. The van der Waals surface area contributed by atoms with Gasteiger partial charge in [-0.2, -0.15) is 0 Å². The van der Waals surface area contributed by atoms with Crippen LogP contribution in [0.3, 0.4) is 0 Å². The maximum Gasteiger partial charge on any atom is 0.323 e. The molecule has 0 aliphatic rings. The summed E-state index contributed by atoms with van der Waals surface area (Å²) >= 11 is 5.85. The van der Waals surface area contributed by atoms with Crippen molar-refractivity contribution in [2.45, 2.75) is 0 Å². The second-order valence-electron chi connectivity index (χ2n) is 5.01. The summed E-state index contributed by atoms with van der Waals surface area (Å²) in [5.41, 5.74) is 2.21. The van der Waals surface area contributed by atoms with Crippen molar-refractivity contribution < 1.29 is 4.79 Å². The molecule has 0 unspecified atom stereocenters. The molecular weight excluding hydrogens is 324 g/mol. The Morgan fingerprint density at radius 2 is 1.46 bits per heavy atom. The molecule has 0 saturated carbocycles. The third kappa shape index (κ3) is 4.47. The molecule has 0 aliphatic carbocycles. The van der Waals surface area contributed by atoms with E-state index in [-0.39, 0.29) is 6.03 Å². The van der Waals surface area contributed by atoms with Crippen molar-refractivity contribution in [3.05, 3.63) is 77.9 Å². The lowest BCUT2D eigenvalue weighted by Gasteiger charge is -2.09. The van der Waals surface area contributed by atoms with E-state index in [1.54, 1.807) is 30.5 Å². The Labute approximate surface area is 144 Å². The first-order valence-electron chi connectivity index (χ1n) is 7.31. The summed E-state index contributed by atoms with van der Waals surface area (Å²) in [6.07, 6.45) is 1.59. The zero-order valence-corrected chi connectivity index (χ0v) is 13.4. The lowest BCUT2D eigenvalue weighted by Crippen LogP contribution is -2.19. The Kier molecular flexibility index (Phi) is 4.93. The summed E-state index contributed by atoms with van der Waals surface area (Å²) in [5, 5.41) is 9.31. The van der Waals surface area contributed by atoms with Gasteiger partial charge in [-0.3, -0.25) is 0 Å². The van der Waals surface area contributed by atoms with Gasteiger partial charge in [-0.05, 0) is 48.5 Å². The van der Waals surface area contributed by atoms with Crippen molar-refractivity contribution in [3.8, 4) is 0 Å². The Morgan fingerprint density at radius 3 is 2.12 bits per heavy atom. The molecule has 0 aliphatic heterocycles. The number of nitrogens with one attached hydrogen (secondary N) is 3. The summed E-state index contributed by atoms with van der Waals surface area (Å²) in [4.78, 5) is 16.2. The van der Waals surface area contributed by atoms with Crippen molar-refractivity contribution in [3.63, 3.8) is 0 Å². The standard InChI is InChI=1S/C18H15ClN4O/c19-13-6-8-15(9-7-13)21-17-11-10-16(12-20-17)23-18(24)22-14-4-2-1-3-5-14/h1-12H,(H,20,21)(H2,22,23,24). The van der Waals surface area contributed by atoms with Gasteiger partial charge in [-0.1, -0.05) is 29.8 Å². The van der Waals surface area contributed by atoms with Crippen LogP contribution in [0.25, 0.3) is 0 Å². The molecule has 3 N–H and O–H groups in total. The predicted octanol–water partition coefficient (Wildman–Crippen LogP) is 5.12. The third-order valence-electron chi connectivity index (χ3n) is 3.17. The van der Waals surface area contributed by atoms with Crippen molar-refractivity contribution in [2.24, 2.45) is 0 Å². The van der Waals surface area contributed by atoms with E-state index in [0.29, 0.717) is 16.5 Å². The van der Waals surface area contributed by atoms with E-state index in [1.165, 1.54) is 0 Å². The quantitative estimate of drug-likeness (QED) is 0.618. The number of nitrogens with zero attached hydrogens (tertiary/aromatic N) is 1. The summed E-state index contributed by atoms with van der Waals surface area (Å²) in [6.45, 7) is 0. The lowest BCUT2D eigenvalue weighted by atomic mass is 10.3. The van der Waals surface area contributed by atoms with Gasteiger partial charge in [0.15, 0.2) is 0 Å². The molecule has 5 nitrogen and oxygen atoms in total. The fraction of sp³-hybridized carbons (Fsp3) is 0. The molecule has 0 fully saturated rings. The fourth-order valence-electron chi connectivity index (χ4n) is 2.04. The summed E-state index contributed by atoms with van der Waals surface area (Å²) in [5.74, 6) is 0.673. The van der Waals surface area contributed by atoms with E-state index in [2.05, 4.69) is 20.9 Å². The van der Waals surface area contributed by atoms with E-state index in [9.17, 15) is 4.79 Å². The first-order chi connectivity index (χ1) is 11.7. The van der Waals surface area contributed by atoms with Crippen LogP contribution >= 0.6 is 11.6 Å². The second-order valence-corrected chi connectivity index (χ2v) is 5.45. The van der Waals surface area contributed by atoms with Gasteiger partial charge in [-0.15, -0.1) is 0 Å². The second kappa shape index (κ2) is 7.48. The van der Waals surface area contributed by atoms with Crippen molar-refractivity contribution in [2.75, 3.05) is 16.0 Å². The number of carbonyl (C=O) groups is 1. The SMILES string of the molecule is O=C(Nc1ccccc1)Nc1ccc(Nc2ccc(Cl)cc2)nc1. The number of carbonyl (C=O) groups excluding carboxylic acids is 1. The van der Waals surface area contributed by atoms with Gasteiger partial charge >= 0.3 is 6.03 Å². The highest BCUT2D eigenvalue weighted by Gasteiger charge is 2.03. The molecule has 1 aromatic heterocycles. The number of anilines is 4. The van der Waals surface area contributed by atoms with Gasteiger partial charge in [0.25, 0.3) is 0 Å². The molecule has 0 spiro atoms. The van der Waals surface area contributed by atoms with E-state index < -0.39 is 0 Å². The van der Waals surface area contributed by atoms with E-state index in [4.69, 9.17) is 11.6 Å². The Balaban J connectivity index is 1.58. The molecule has 0 saturated heterocycles. The van der Waals surface area contributed by atoms with Crippen LogP contribution in [0.2, 0.25) is 5.02 Å². The molecule has 120 valence electrons. The highest BCUT2D eigenvalue weighted by Crippen LogP contribution is 2.18. The molecule has 3 rings (SSSR count). The third-order valence-corrected chi connectivity index (χ3v) is 3.42. The molecule has 3 aromatic rings. The number of rotatable bonds is 4. The van der Waals surface area contributed by atoms with Crippen LogP contribution in [-0.4, -0.2) is 11.0 Å². The number of aromatic nitrogens is 1. The number of amides is 2. The van der Waals surface area contributed by atoms with Crippen LogP contribution in [0.4, 0.5) is 27.7 Å². The predicted molar refractivity (Wildman–Crippen MR) is 98.1 cm³/mol. The molecule has 0 bridgehead atoms. The molecule has 1 heterocycles. The average molecular weight is 339 g/mol. The zero-order chi connectivity index (χ0) is 16.8. The van der Waals surface area contributed by atoms with Crippen LogP contribution in [-0.2, 0) is 0 Å². The molecule has 6 heteroatoms. The first kappa shape index (κ1) is 15.8. The van der Waals surface area contributed by atoms with E-state index in [0.717, 1.165) is 11.4 Å². The largest absolute Gasteiger partial charge is 0.340 e. The summed E-state index contributed by atoms with van der Waals surface area (Å²) in [7, 11) is 0. The number of benzene rings is 2. The van der Waals surface area contributed by atoms with Crippen LogP contribution < -0.4 is 16.0 Å². The number of hydrogen-bond donors (Lipinski definition) is 3. The van der Waals surface area contributed by atoms with Crippen LogP contribution in [0.5, 0.6) is 0 Å². The summed E-state index contributed by atoms with van der Waals surface area (Å²) in [6, 6.07) is 19.8. The zero-order valence-electron chi connectivity index (χ0n) is 12.7. The normalized spacial score (nSPS) is 10.0. The molecule has 0 radical (unpaired) electrons. The summed E-state index contributed by atoms with van der Waals surface area (Å²) < 4.78 is 0. The van der Waals surface area contributed by atoms with E-state index >= 15 is 0 Å². The number of para-hydroxylation sites is 1. The Bertz CT molecular complexity index is 805. The Morgan fingerprint density at radius 1 is 0.792 bits per heavy atom. The van der Waals surface area contributed by atoms with E-state index in [1.807, 2.05) is 42.5 Å². The van der Waals surface area contributed by atoms with Gasteiger partial charge in [0.1, 0.15) is 5.82 Å². The fourth-order valence-corrected chi connectivity index (χ4v) is 2.16. The van der Waals surface area contributed by atoms with Gasteiger partial charge in [-0.25, -0.2) is 9.78 Å². The highest BCUT2D eigenvalue weighted by atomic mass is 35.5. The van der Waals surface area contributed by atoms with Gasteiger partial charge in [0.2, 0.25) is 0 Å². The minimum Gasteiger partial charge on any atom is -0.340 e. The topological polar surface area (TPSA) is 66.1 Å². The van der Waals surface area contributed by atoms with Gasteiger partial charge in [0, 0.05) is 16.4 Å². The van der Waals surface area contributed by atoms with Crippen molar-refractivity contribution in [1.82, 2.24) is 4.98 Å². The highest BCUT2D eigenvalue weighted by molar-refractivity contribution is 6.30. The Hall–Kier alpha value is -3.05. The van der Waals surface area contributed by atoms with Crippen LogP contribution in [0.15, 0.2) is 72.9 Å². The number of urea groups is 1. The number of hydrogen-bond acceptors (Lipinski definition) is 3. The molecule has 2 aromatic carbocycles. The molecule has 0 atom stereocenters. The van der Waals surface area contributed by atoms with Crippen LogP contribution in [0, 0.1) is 0 Å². The minimum absolute atomic E-state index is 0.318. The number of pyridine rings is 1. The maximum atomic E-state index is 11.9. The average Bonchev–Trinajstić information content (AvgIpc) is 2.59. The first-order valence-corrected chi connectivity index (χ1v) is 7.68. The molecular formula is C18H15ClN4O. The van der Waals surface area contributed by atoms with Crippen molar-refractivity contribution in [1.29, 1.82) is 0 Å².